The molecular formula is C7H17ClS. The Morgan fingerprint density at radius 1 is 1.00 bits per heavy atom. The van der Waals surface area contributed by atoms with E-state index in [4.69, 9.17) is 0 Å². The molecule has 0 aliphatic rings. The lowest BCUT2D eigenvalue weighted by Crippen LogP contribution is -1.76. The molecule has 0 N–H and O–H groups in total. The molecular weight excluding hydrogens is 152 g/mol. The second kappa shape index (κ2) is 11.4. The van der Waals surface area contributed by atoms with Gasteiger partial charge in [-0.15, -0.1) is 12.4 Å². The largest absolute Gasteiger partial charge is 0.179 e. The number of thiol groups is 1. The fraction of sp³-hybridized carbons (Fsp3) is 1.00. The van der Waals surface area contributed by atoms with Crippen LogP contribution in [0.3, 0.4) is 0 Å². The van der Waals surface area contributed by atoms with Crippen LogP contribution in [-0.2, 0) is 0 Å². The highest BCUT2D eigenvalue weighted by Gasteiger charge is 1.83. The Hall–Kier alpha value is 0.640. The number of hydrogen-bond acceptors (Lipinski definition) is 1. The third kappa shape index (κ3) is 12.0. The predicted octanol–water partition coefficient (Wildman–Crippen LogP) is 3.31. The lowest BCUT2D eigenvalue weighted by molar-refractivity contribution is 0.660. The van der Waals surface area contributed by atoms with E-state index in [0.29, 0.717) is 0 Å². The van der Waals surface area contributed by atoms with E-state index in [9.17, 15) is 0 Å². The molecule has 0 unspecified atom stereocenters. The van der Waals surface area contributed by atoms with Gasteiger partial charge in [-0.2, -0.15) is 12.6 Å². The predicted molar refractivity (Wildman–Crippen MR) is 49.9 cm³/mol. The van der Waals surface area contributed by atoms with Crippen LogP contribution in [0.15, 0.2) is 0 Å². The van der Waals surface area contributed by atoms with Crippen molar-refractivity contribution in [2.24, 2.45) is 0 Å². The summed E-state index contributed by atoms with van der Waals surface area (Å²) < 4.78 is 0. The monoisotopic (exact) mass is 168 g/mol. The van der Waals surface area contributed by atoms with E-state index in [0.717, 1.165) is 5.75 Å². The van der Waals surface area contributed by atoms with Crippen molar-refractivity contribution in [3.8, 4) is 0 Å². The Kier molecular flexibility index (Phi) is 15.7. The Morgan fingerprint density at radius 3 is 2.00 bits per heavy atom. The number of hydrogen-bond donors (Lipinski definition) is 1. The smallest absolute Gasteiger partial charge is 0.00979 e. The van der Waals surface area contributed by atoms with Gasteiger partial charge in [0.05, 0.1) is 0 Å². The molecule has 9 heavy (non-hydrogen) atoms. The van der Waals surface area contributed by atoms with Crippen LogP contribution in [0.2, 0.25) is 0 Å². The molecule has 0 aliphatic carbocycles. The molecule has 2 heteroatoms. The fourth-order valence-electron chi connectivity index (χ4n) is 0.715. The zero-order valence-corrected chi connectivity index (χ0v) is 7.81. The lowest BCUT2D eigenvalue weighted by atomic mass is 10.2. The zero-order chi connectivity index (χ0) is 6.24. The minimum atomic E-state index is 0. The topological polar surface area (TPSA) is 0 Å². The third-order valence-electron chi connectivity index (χ3n) is 1.26. The van der Waals surface area contributed by atoms with Crippen LogP contribution < -0.4 is 0 Å². The average Bonchev–Trinajstić information content (AvgIpc) is 1.81. The summed E-state index contributed by atoms with van der Waals surface area (Å²) in [5, 5.41) is 0. The van der Waals surface area contributed by atoms with Crippen molar-refractivity contribution >= 4 is 25.0 Å². The minimum Gasteiger partial charge on any atom is -0.179 e. The molecule has 0 heterocycles. The van der Waals surface area contributed by atoms with Crippen molar-refractivity contribution in [2.45, 2.75) is 39.0 Å². The second-order valence-corrected chi connectivity index (χ2v) is 2.59. The van der Waals surface area contributed by atoms with Gasteiger partial charge in [-0.05, 0) is 12.2 Å². The quantitative estimate of drug-likeness (QED) is 0.473. The van der Waals surface area contributed by atoms with Gasteiger partial charge in [-0.1, -0.05) is 32.6 Å². The standard InChI is InChI=1S/C7H16S.ClH/c1-2-3-4-5-6-7-8;/h8H,2-7H2,1H3;1H. The number of halogens is 1. The Morgan fingerprint density at radius 2 is 1.56 bits per heavy atom. The average molecular weight is 169 g/mol. The van der Waals surface area contributed by atoms with Crippen molar-refractivity contribution in [3.63, 3.8) is 0 Å². The van der Waals surface area contributed by atoms with Crippen molar-refractivity contribution < 1.29 is 0 Å². The normalized spacial score (nSPS) is 8.67. The van der Waals surface area contributed by atoms with Crippen LogP contribution >= 0.6 is 25.0 Å². The Bertz CT molecular complexity index is 33.9. The summed E-state index contributed by atoms with van der Waals surface area (Å²) in [4.78, 5) is 0. The van der Waals surface area contributed by atoms with Gasteiger partial charge in [-0.25, -0.2) is 0 Å². The zero-order valence-electron chi connectivity index (χ0n) is 6.10. The van der Waals surface area contributed by atoms with E-state index in [1.807, 2.05) is 0 Å². The first kappa shape index (κ1) is 12.3. The summed E-state index contributed by atoms with van der Waals surface area (Å²) in [6.07, 6.45) is 6.80. The Balaban J connectivity index is 0. The molecule has 0 amide bonds. The SMILES string of the molecule is CCCCCCCS.Cl. The summed E-state index contributed by atoms with van der Waals surface area (Å²) in [5.74, 6) is 1.06. The minimum absolute atomic E-state index is 0. The van der Waals surface area contributed by atoms with Crippen LogP contribution in [-0.4, -0.2) is 5.75 Å². The van der Waals surface area contributed by atoms with Gasteiger partial charge in [0.25, 0.3) is 0 Å². The van der Waals surface area contributed by atoms with Crippen molar-refractivity contribution in [1.29, 1.82) is 0 Å². The van der Waals surface area contributed by atoms with Crippen LogP contribution in [0.1, 0.15) is 39.0 Å². The summed E-state index contributed by atoms with van der Waals surface area (Å²) in [5.41, 5.74) is 0. The maximum Gasteiger partial charge on any atom is -0.00979 e. The van der Waals surface area contributed by atoms with Gasteiger partial charge in [0.15, 0.2) is 0 Å². The summed E-state index contributed by atoms with van der Waals surface area (Å²) in [7, 11) is 0. The van der Waals surface area contributed by atoms with Gasteiger partial charge in [0.1, 0.15) is 0 Å². The third-order valence-corrected chi connectivity index (χ3v) is 1.58. The molecule has 0 radical (unpaired) electrons. The molecule has 0 rings (SSSR count). The Labute approximate surface area is 70.2 Å². The maximum absolute atomic E-state index is 4.12. The highest BCUT2D eigenvalue weighted by Crippen LogP contribution is 2.02. The van der Waals surface area contributed by atoms with E-state index >= 15 is 0 Å². The van der Waals surface area contributed by atoms with Gasteiger partial charge in [-0.3, -0.25) is 0 Å². The number of unbranched alkanes of at least 4 members (excludes halogenated alkanes) is 4. The first-order chi connectivity index (χ1) is 3.91. The molecule has 0 nitrogen and oxygen atoms in total. The first-order valence-electron chi connectivity index (χ1n) is 3.52. The van der Waals surface area contributed by atoms with Crippen LogP contribution in [0.25, 0.3) is 0 Å². The van der Waals surface area contributed by atoms with Crippen molar-refractivity contribution in [3.05, 3.63) is 0 Å². The van der Waals surface area contributed by atoms with Crippen molar-refractivity contribution in [1.82, 2.24) is 0 Å². The highest BCUT2D eigenvalue weighted by molar-refractivity contribution is 7.80. The van der Waals surface area contributed by atoms with Gasteiger partial charge in [0.2, 0.25) is 0 Å². The maximum atomic E-state index is 4.12. The molecule has 0 spiro atoms. The van der Waals surface area contributed by atoms with E-state index in [1.54, 1.807) is 0 Å². The molecule has 0 bridgehead atoms. The molecule has 0 aliphatic heterocycles. The molecule has 0 saturated heterocycles. The van der Waals surface area contributed by atoms with Crippen LogP contribution in [0, 0.1) is 0 Å². The van der Waals surface area contributed by atoms with E-state index in [2.05, 4.69) is 19.6 Å². The van der Waals surface area contributed by atoms with Crippen LogP contribution in [0.5, 0.6) is 0 Å². The van der Waals surface area contributed by atoms with E-state index in [1.165, 1.54) is 32.1 Å². The first-order valence-corrected chi connectivity index (χ1v) is 4.16. The van der Waals surface area contributed by atoms with Gasteiger partial charge in [0, 0.05) is 0 Å². The van der Waals surface area contributed by atoms with E-state index < -0.39 is 0 Å². The molecule has 0 saturated carbocycles. The summed E-state index contributed by atoms with van der Waals surface area (Å²) in [6.45, 7) is 2.24. The molecule has 58 valence electrons. The molecule has 0 aromatic carbocycles. The molecule has 0 aromatic heterocycles. The van der Waals surface area contributed by atoms with Crippen LogP contribution in [0.4, 0.5) is 0 Å². The number of rotatable bonds is 5. The second-order valence-electron chi connectivity index (χ2n) is 2.14. The highest BCUT2D eigenvalue weighted by atomic mass is 35.5. The summed E-state index contributed by atoms with van der Waals surface area (Å²) in [6, 6.07) is 0. The molecule has 0 aromatic rings. The molecule has 0 atom stereocenters. The van der Waals surface area contributed by atoms with Gasteiger partial charge >= 0.3 is 0 Å². The molecule has 0 fully saturated rings. The van der Waals surface area contributed by atoms with Gasteiger partial charge < -0.3 is 0 Å². The summed E-state index contributed by atoms with van der Waals surface area (Å²) >= 11 is 4.12. The lowest BCUT2D eigenvalue weighted by Gasteiger charge is -1.93. The van der Waals surface area contributed by atoms with E-state index in [-0.39, 0.29) is 12.4 Å². The van der Waals surface area contributed by atoms with Crippen molar-refractivity contribution in [2.75, 3.05) is 5.75 Å². The fourth-order valence-corrected chi connectivity index (χ4v) is 0.939.